The number of carboxylic acid groups (broad SMARTS) is 1. The van der Waals surface area contributed by atoms with Crippen molar-refractivity contribution in [2.45, 2.75) is 71.2 Å². The van der Waals surface area contributed by atoms with Crippen molar-refractivity contribution >= 4 is 20.4 Å². The van der Waals surface area contributed by atoms with Crippen LogP contribution in [0.5, 0.6) is 0 Å². The largest absolute Gasteiger partial charge is 0.481 e. The van der Waals surface area contributed by atoms with Crippen LogP contribution in [0.3, 0.4) is 0 Å². The Morgan fingerprint density at radius 3 is 2.05 bits per heavy atom. The molecule has 0 aromatic carbocycles. The lowest BCUT2D eigenvalue weighted by atomic mass is 9.93. The van der Waals surface area contributed by atoms with E-state index >= 15 is 0 Å². The van der Waals surface area contributed by atoms with Crippen molar-refractivity contribution in [1.82, 2.24) is 5.32 Å². The number of aliphatic carboxylic acids is 1. The number of hydrogen-bond donors (Lipinski definition) is 3. The minimum absolute atomic E-state index is 0.0519. The van der Waals surface area contributed by atoms with Crippen LogP contribution in [-0.4, -0.2) is 42.4 Å². The van der Waals surface area contributed by atoms with Gasteiger partial charge < -0.3 is 20.0 Å². The van der Waals surface area contributed by atoms with Gasteiger partial charge in [0.15, 0.2) is 8.32 Å². The van der Waals surface area contributed by atoms with Gasteiger partial charge in [-0.3, -0.25) is 4.79 Å². The first kappa shape index (κ1) is 20.9. The van der Waals surface area contributed by atoms with Crippen LogP contribution < -0.4 is 5.32 Å². The number of alkyl carbamates (subject to hydrolysis) is 1. The fourth-order valence-electron chi connectivity index (χ4n) is 1.98. The second kappa shape index (κ2) is 7.46. The van der Waals surface area contributed by atoms with Crippen molar-refractivity contribution in [2.75, 3.05) is 6.54 Å². The number of carbonyl (C=O) groups excluding carboxylic acids is 1. The van der Waals surface area contributed by atoms with Gasteiger partial charge in [0.05, 0.1) is 0 Å². The predicted molar refractivity (Wildman–Crippen MR) is 88.3 cm³/mol. The number of rotatable bonds is 7. The molecule has 0 spiro atoms. The smallest absolute Gasteiger partial charge is 0.407 e. The van der Waals surface area contributed by atoms with Gasteiger partial charge in [-0.1, -0.05) is 13.8 Å². The van der Waals surface area contributed by atoms with Crippen molar-refractivity contribution in [3.63, 3.8) is 0 Å². The second-order valence-electron chi connectivity index (χ2n) is 7.99. The third kappa shape index (κ3) is 8.38. The van der Waals surface area contributed by atoms with Gasteiger partial charge in [0.1, 0.15) is 5.60 Å². The molecule has 0 saturated heterocycles. The summed E-state index contributed by atoms with van der Waals surface area (Å²) in [6.07, 6.45) is -0.0738. The highest BCUT2D eigenvalue weighted by Crippen LogP contribution is 2.41. The molecular formula is C15H31NO5Si. The fraction of sp³-hybridized carbons (Fsp3) is 0.867. The SMILES string of the molecule is CC(C)(C)OC(=O)NCC(CC(=O)O)CC(C)(C)[Si](C)(C)O. The molecule has 0 aliphatic rings. The minimum atomic E-state index is -2.43. The van der Waals surface area contributed by atoms with E-state index in [9.17, 15) is 14.4 Å². The minimum Gasteiger partial charge on any atom is -0.481 e. The lowest BCUT2D eigenvalue weighted by Crippen LogP contribution is -2.42. The third-order valence-electron chi connectivity index (χ3n) is 3.85. The predicted octanol–water partition coefficient (Wildman–Crippen LogP) is 2.97. The quantitative estimate of drug-likeness (QED) is 0.622. The van der Waals surface area contributed by atoms with E-state index in [1.165, 1.54) is 0 Å². The molecule has 0 aromatic heterocycles. The lowest BCUT2D eigenvalue weighted by molar-refractivity contribution is -0.138. The molecule has 1 amide bonds. The molecule has 22 heavy (non-hydrogen) atoms. The van der Waals surface area contributed by atoms with Gasteiger partial charge in [-0.25, -0.2) is 4.79 Å². The summed E-state index contributed by atoms with van der Waals surface area (Å²) in [5.74, 6) is -1.16. The monoisotopic (exact) mass is 333 g/mol. The van der Waals surface area contributed by atoms with E-state index < -0.39 is 26.0 Å². The van der Waals surface area contributed by atoms with Crippen molar-refractivity contribution in [1.29, 1.82) is 0 Å². The molecule has 0 aliphatic carbocycles. The first-order valence-electron chi connectivity index (χ1n) is 7.55. The highest BCUT2D eigenvalue weighted by molar-refractivity contribution is 6.72. The van der Waals surface area contributed by atoms with Crippen molar-refractivity contribution < 1.29 is 24.2 Å². The van der Waals surface area contributed by atoms with Crippen LogP contribution in [0.25, 0.3) is 0 Å². The average molecular weight is 334 g/mol. The number of carboxylic acids is 1. The first-order chi connectivity index (χ1) is 9.64. The molecular weight excluding hydrogens is 302 g/mol. The van der Waals surface area contributed by atoms with Crippen LogP contribution in [0.4, 0.5) is 4.79 Å². The van der Waals surface area contributed by atoms with Gasteiger partial charge in [-0.2, -0.15) is 0 Å². The van der Waals surface area contributed by atoms with E-state index in [-0.39, 0.29) is 23.9 Å². The van der Waals surface area contributed by atoms with E-state index in [1.54, 1.807) is 20.8 Å². The van der Waals surface area contributed by atoms with Gasteiger partial charge in [-0.15, -0.1) is 0 Å². The van der Waals surface area contributed by atoms with E-state index in [4.69, 9.17) is 9.84 Å². The maximum absolute atomic E-state index is 11.7. The van der Waals surface area contributed by atoms with Crippen LogP contribution in [0.2, 0.25) is 18.1 Å². The first-order valence-corrected chi connectivity index (χ1v) is 10.5. The van der Waals surface area contributed by atoms with Crippen LogP contribution in [0.15, 0.2) is 0 Å². The standard InChI is InChI=1S/C15H31NO5Si/c1-14(2,3)21-13(19)16-10-11(8-12(17)18)9-15(4,5)22(6,7)20/h11,20H,8-10H2,1-7H3,(H,16,19)(H,17,18). The third-order valence-corrected chi connectivity index (χ3v) is 7.37. The molecule has 0 rings (SSSR count). The van der Waals surface area contributed by atoms with Gasteiger partial charge in [0, 0.05) is 13.0 Å². The Morgan fingerprint density at radius 1 is 1.18 bits per heavy atom. The zero-order chi connectivity index (χ0) is 17.8. The summed E-state index contributed by atoms with van der Waals surface area (Å²) in [6.45, 7) is 13.1. The average Bonchev–Trinajstić information content (AvgIpc) is 2.20. The molecule has 1 atom stereocenters. The number of ether oxygens (including phenoxy) is 1. The summed E-state index contributed by atoms with van der Waals surface area (Å²) in [5, 5.41) is 11.3. The fourth-order valence-corrected chi connectivity index (χ4v) is 2.76. The number of amides is 1. The van der Waals surface area contributed by atoms with Gasteiger partial charge >= 0.3 is 12.1 Å². The molecule has 0 aliphatic heterocycles. The van der Waals surface area contributed by atoms with Crippen LogP contribution in [0.1, 0.15) is 47.5 Å². The highest BCUT2D eigenvalue weighted by Gasteiger charge is 2.40. The van der Waals surface area contributed by atoms with Crippen molar-refractivity contribution in [3.05, 3.63) is 0 Å². The summed E-state index contributed by atoms with van der Waals surface area (Å²) in [6, 6.07) is 0. The van der Waals surface area contributed by atoms with Crippen LogP contribution >= 0.6 is 0 Å². The molecule has 0 bridgehead atoms. The summed E-state index contributed by atoms with van der Waals surface area (Å²) in [7, 11) is -2.43. The van der Waals surface area contributed by atoms with Gasteiger partial charge in [0.2, 0.25) is 0 Å². The topological polar surface area (TPSA) is 95.9 Å². The van der Waals surface area contributed by atoms with Crippen LogP contribution in [-0.2, 0) is 9.53 Å². The summed E-state index contributed by atoms with van der Waals surface area (Å²) in [4.78, 5) is 33.1. The van der Waals surface area contributed by atoms with E-state index in [1.807, 2.05) is 26.9 Å². The van der Waals surface area contributed by atoms with E-state index in [0.29, 0.717) is 6.42 Å². The molecule has 130 valence electrons. The van der Waals surface area contributed by atoms with E-state index in [2.05, 4.69) is 5.32 Å². The molecule has 7 heteroatoms. The Morgan fingerprint density at radius 2 is 1.68 bits per heavy atom. The van der Waals surface area contributed by atoms with Crippen molar-refractivity contribution in [2.24, 2.45) is 5.92 Å². The maximum atomic E-state index is 11.7. The Kier molecular flexibility index (Phi) is 7.09. The zero-order valence-corrected chi connectivity index (χ0v) is 15.8. The molecule has 0 heterocycles. The summed E-state index contributed by atoms with van der Waals surface area (Å²) in [5.41, 5.74) is -0.592. The summed E-state index contributed by atoms with van der Waals surface area (Å²) < 4.78 is 5.15. The zero-order valence-electron chi connectivity index (χ0n) is 14.8. The number of hydrogen-bond acceptors (Lipinski definition) is 4. The normalized spacial score (nSPS) is 14.4. The molecule has 0 saturated carbocycles. The molecule has 1 unspecified atom stereocenters. The molecule has 6 nitrogen and oxygen atoms in total. The highest BCUT2D eigenvalue weighted by atomic mass is 28.4. The Labute approximate surface area is 134 Å². The van der Waals surface area contributed by atoms with E-state index in [0.717, 1.165) is 0 Å². The maximum Gasteiger partial charge on any atom is 0.407 e. The Hall–Kier alpha value is -1.08. The summed E-state index contributed by atoms with van der Waals surface area (Å²) >= 11 is 0. The Bertz CT molecular complexity index is 396. The van der Waals surface area contributed by atoms with Crippen LogP contribution in [0, 0.1) is 5.92 Å². The Balaban J connectivity index is 4.74. The molecule has 0 radical (unpaired) electrons. The lowest BCUT2D eigenvalue weighted by Gasteiger charge is -2.37. The van der Waals surface area contributed by atoms with Gasteiger partial charge in [0.25, 0.3) is 0 Å². The van der Waals surface area contributed by atoms with Crippen molar-refractivity contribution in [3.8, 4) is 0 Å². The van der Waals surface area contributed by atoms with Gasteiger partial charge in [-0.05, 0) is 51.2 Å². The molecule has 0 aromatic rings. The second-order valence-corrected chi connectivity index (χ2v) is 12.5. The molecule has 0 fully saturated rings. The number of nitrogens with one attached hydrogen (secondary N) is 1. The molecule has 3 N–H and O–H groups in total. The number of carbonyl (C=O) groups is 2.